The predicted octanol–water partition coefficient (Wildman–Crippen LogP) is 1.15. The number of hydrogen-bond donors (Lipinski definition) is 1. The molecule has 0 aliphatic heterocycles. The highest BCUT2D eigenvalue weighted by Crippen LogP contribution is 2.16. The first kappa shape index (κ1) is 11.2. The van der Waals surface area contributed by atoms with E-state index in [1.807, 2.05) is 0 Å². The summed E-state index contributed by atoms with van der Waals surface area (Å²) in [6, 6.07) is 6.30. The number of benzene rings is 1. The normalized spacial score (nSPS) is 11.6. The Hall–Kier alpha value is -0.910. The molecule has 14 heavy (non-hydrogen) atoms. The molecule has 1 aromatic rings. The van der Waals surface area contributed by atoms with Gasteiger partial charge in [-0.1, -0.05) is 18.2 Å². The summed E-state index contributed by atoms with van der Waals surface area (Å²) >= 11 is 0. The first-order valence-electron chi connectivity index (χ1n) is 4.25. The van der Waals surface area contributed by atoms with Gasteiger partial charge in [0.15, 0.2) is 0 Å². The molecule has 1 radical (unpaired) electrons. The van der Waals surface area contributed by atoms with Gasteiger partial charge in [0.2, 0.25) is 0 Å². The van der Waals surface area contributed by atoms with Gasteiger partial charge in [0.05, 0.1) is 4.90 Å². The van der Waals surface area contributed by atoms with E-state index in [1.165, 1.54) is 6.07 Å². The molecule has 77 valence electrons. The molecule has 1 aromatic carbocycles. The second kappa shape index (κ2) is 4.54. The van der Waals surface area contributed by atoms with Gasteiger partial charge in [-0.2, -0.15) is 8.42 Å². The Balaban J connectivity index is 3.04. The average Bonchev–Trinajstić information content (AvgIpc) is 2.14. The topological polar surface area (TPSA) is 78.2 Å². The van der Waals surface area contributed by atoms with Crippen LogP contribution in [-0.4, -0.2) is 19.5 Å². The third-order valence-electron chi connectivity index (χ3n) is 1.87. The summed E-state index contributed by atoms with van der Waals surface area (Å²) in [4.78, 5) is -0.0477. The summed E-state index contributed by atoms with van der Waals surface area (Å²) in [6.45, 7) is 0.250. The number of hydrogen-bond acceptors (Lipinski definition) is 2. The minimum Gasteiger partial charge on any atom is -0.282 e. The van der Waals surface area contributed by atoms with Crippen molar-refractivity contribution in [1.29, 1.82) is 0 Å². The highest BCUT2D eigenvalue weighted by atomic mass is 32.2. The first-order chi connectivity index (χ1) is 6.55. The molecule has 0 atom stereocenters. The van der Waals surface area contributed by atoms with Crippen molar-refractivity contribution < 1.29 is 13.0 Å². The molecule has 0 bridgehead atoms. The van der Waals surface area contributed by atoms with E-state index in [2.05, 4.69) is 0 Å². The summed E-state index contributed by atoms with van der Waals surface area (Å²) in [5.74, 6) is 0. The molecule has 5 heteroatoms. The molecule has 0 aromatic heterocycles. The minimum atomic E-state index is -4.13. The maximum atomic E-state index is 10.9. The van der Waals surface area contributed by atoms with Crippen LogP contribution in [-0.2, 0) is 16.5 Å². The maximum absolute atomic E-state index is 10.9. The smallest absolute Gasteiger partial charge is 0.282 e. The molecule has 0 aliphatic rings. The molecule has 2 N–H and O–H groups in total. The molecule has 0 saturated carbocycles. The molecular weight excluding hydrogens is 202 g/mol. The van der Waals surface area contributed by atoms with Gasteiger partial charge in [0, 0.05) is 6.54 Å². The van der Waals surface area contributed by atoms with Crippen molar-refractivity contribution in [3.8, 4) is 0 Å². The van der Waals surface area contributed by atoms with Crippen molar-refractivity contribution >= 4 is 10.1 Å². The molecule has 0 heterocycles. The van der Waals surface area contributed by atoms with E-state index in [-0.39, 0.29) is 11.4 Å². The van der Waals surface area contributed by atoms with Gasteiger partial charge in [0.25, 0.3) is 10.1 Å². The van der Waals surface area contributed by atoms with Crippen molar-refractivity contribution in [2.24, 2.45) is 0 Å². The Labute approximate surface area is 83.5 Å². The Morgan fingerprint density at radius 1 is 1.29 bits per heavy atom. The Kier molecular flexibility index (Phi) is 3.62. The van der Waals surface area contributed by atoms with Crippen LogP contribution < -0.4 is 5.73 Å². The zero-order valence-electron chi connectivity index (χ0n) is 7.60. The van der Waals surface area contributed by atoms with Crippen LogP contribution in [0.5, 0.6) is 0 Å². The number of nitrogens with one attached hydrogen (secondary N) is 1. The van der Waals surface area contributed by atoms with Crippen LogP contribution in [0.4, 0.5) is 0 Å². The van der Waals surface area contributed by atoms with Crippen molar-refractivity contribution in [3.63, 3.8) is 0 Å². The van der Waals surface area contributed by atoms with Crippen LogP contribution in [0.25, 0.3) is 0 Å². The molecular formula is C9H12NO3S. The third-order valence-corrected chi connectivity index (χ3v) is 2.83. The molecule has 4 nitrogen and oxygen atoms in total. The molecule has 0 amide bonds. The fourth-order valence-corrected chi connectivity index (χ4v) is 1.99. The predicted molar refractivity (Wildman–Crippen MR) is 52.5 cm³/mol. The Morgan fingerprint density at radius 2 is 1.93 bits per heavy atom. The lowest BCUT2D eigenvalue weighted by atomic mass is 10.1. The van der Waals surface area contributed by atoms with Gasteiger partial charge in [-0.15, -0.1) is 0 Å². The van der Waals surface area contributed by atoms with Gasteiger partial charge < -0.3 is 0 Å². The van der Waals surface area contributed by atoms with Gasteiger partial charge in [0.1, 0.15) is 0 Å². The van der Waals surface area contributed by atoms with Crippen molar-refractivity contribution in [1.82, 2.24) is 5.73 Å². The summed E-state index contributed by atoms with van der Waals surface area (Å²) < 4.78 is 30.7. The standard InChI is InChI=1S/C9H12NO3S/c10-7-3-5-8-4-1-2-6-9(8)14(11,12)13/h1-2,4,6,10H,3,5,7H2,(H,11,12,13). The summed E-state index contributed by atoms with van der Waals surface area (Å²) in [7, 11) is -4.13. The first-order valence-corrected chi connectivity index (χ1v) is 5.69. The van der Waals surface area contributed by atoms with Crippen molar-refractivity contribution in [2.75, 3.05) is 6.54 Å². The van der Waals surface area contributed by atoms with E-state index >= 15 is 0 Å². The lowest BCUT2D eigenvalue weighted by molar-refractivity contribution is 0.482. The van der Waals surface area contributed by atoms with Crippen LogP contribution in [0.2, 0.25) is 0 Å². The molecule has 0 saturated heterocycles. The zero-order valence-corrected chi connectivity index (χ0v) is 8.42. The van der Waals surface area contributed by atoms with Crippen LogP contribution in [0.15, 0.2) is 29.2 Å². The maximum Gasteiger partial charge on any atom is 0.294 e. The molecule has 0 unspecified atom stereocenters. The van der Waals surface area contributed by atoms with E-state index in [0.29, 0.717) is 18.4 Å². The summed E-state index contributed by atoms with van der Waals surface area (Å²) in [6.07, 6.45) is 1.09. The lowest BCUT2D eigenvalue weighted by Gasteiger charge is -2.05. The van der Waals surface area contributed by atoms with E-state index in [9.17, 15) is 8.42 Å². The second-order valence-corrected chi connectivity index (χ2v) is 4.33. The Morgan fingerprint density at radius 3 is 2.50 bits per heavy atom. The quantitative estimate of drug-likeness (QED) is 0.763. The average molecular weight is 214 g/mol. The highest BCUT2D eigenvalue weighted by Gasteiger charge is 2.13. The van der Waals surface area contributed by atoms with Gasteiger partial charge in [-0.25, -0.2) is 0 Å². The zero-order chi connectivity index (χ0) is 10.6. The van der Waals surface area contributed by atoms with Crippen LogP contribution in [0.1, 0.15) is 12.0 Å². The monoisotopic (exact) mass is 214 g/mol. The summed E-state index contributed by atoms with van der Waals surface area (Å²) in [5, 5.41) is 0. The van der Waals surface area contributed by atoms with Gasteiger partial charge >= 0.3 is 0 Å². The number of rotatable bonds is 4. The minimum absolute atomic E-state index is 0.0477. The highest BCUT2D eigenvalue weighted by molar-refractivity contribution is 7.85. The molecule has 1 rings (SSSR count). The van der Waals surface area contributed by atoms with Crippen molar-refractivity contribution in [2.45, 2.75) is 17.7 Å². The lowest BCUT2D eigenvalue weighted by Crippen LogP contribution is -2.03. The van der Waals surface area contributed by atoms with E-state index in [4.69, 9.17) is 10.3 Å². The van der Waals surface area contributed by atoms with E-state index in [0.717, 1.165) is 0 Å². The Bertz CT molecular complexity index is 400. The van der Waals surface area contributed by atoms with Gasteiger partial charge in [-0.3, -0.25) is 10.3 Å². The summed E-state index contributed by atoms with van der Waals surface area (Å²) in [5.41, 5.74) is 7.54. The molecule has 0 spiro atoms. The van der Waals surface area contributed by atoms with Crippen LogP contribution in [0.3, 0.4) is 0 Å². The van der Waals surface area contributed by atoms with Gasteiger partial charge in [-0.05, 0) is 24.5 Å². The van der Waals surface area contributed by atoms with Crippen LogP contribution >= 0.6 is 0 Å². The fraction of sp³-hybridized carbons (Fsp3) is 0.333. The van der Waals surface area contributed by atoms with Crippen molar-refractivity contribution in [3.05, 3.63) is 29.8 Å². The van der Waals surface area contributed by atoms with E-state index < -0.39 is 10.1 Å². The molecule has 0 fully saturated rings. The SMILES string of the molecule is [NH]CCCc1ccccc1S(=O)(=O)O. The second-order valence-electron chi connectivity index (χ2n) is 2.94. The van der Waals surface area contributed by atoms with E-state index in [1.54, 1.807) is 18.2 Å². The van der Waals surface area contributed by atoms with Crippen LogP contribution in [0, 0.1) is 0 Å². The fourth-order valence-electron chi connectivity index (χ4n) is 1.24. The molecule has 0 aliphatic carbocycles. The third kappa shape index (κ3) is 2.80. The largest absolute Gasteiger partial charge is 0.294 e. The number of aryl methyl sites for hydroxylation is 1.